The van der Waals surface area contributed by atoms with Crippen molar-refractivity contribution in [3.63, 3.8) is 0 Å². The first-order chi connectivity index (χ1) is 9.18. The van der Waals surface area contributed by atoms with Crippen LogP contribution in [-0.2, 0) is 9.53 Å². The Balaban J connectivity index is 2.70. The Bertz CT molecular complexity index is 406. The number of nitrogens with one attached hydrogen (secondary N) is 1. The smallest absolute Gasteiger partial charge is 0.408 e. The Hall–Kier alpha value is -1.27. The lowest BCUT2D eigenvalue weighted by Gasteiger charge is -2.28. The molecule has 1 atom stereocenters. The minimum absolute atomic E-state index is 0.225. The van der Waals surface area contributed by atoms with Gasteiger partial charge in [-0.15, -0.1) is 0 Å². The van der Waals surface area contributed by atoms with Gasteiger partial charge in [0.2, 0.25) is 0 Å². The summed E-state index contributed by atoms with van der Waals surface area (Å²) in [6.45, 7) is 6.53. The van der Waals surface area contributed by atoms with Crippen molar-refractivity contribution in [3.05, 3.63) is 11.6 Å². The number of halogens is 1. The molecule has 1 amide bonds. The first-order valence-electron chi connectivity index (χ1n) is 6.41. The molecule has 7 heteroatoms. The Morgan fingerprint density at radius 3 is 2.65 bits per heavy atom. The molecule has 0 spiro atoms. The van der Waals surface area contributed by atoms with Crippen LogP contribution in [0.5, 0.6) is 0 Å². The molecule has 0 aromatic heterocycles. The van der Waals surface area contributed by atoms with Gasteiger partial charge in [0.05, 0.1) is 0 Å². The third kappa shape index (κ3) is 4.68. The zero-order chi connectivity index (χ0) is 15.4. The van der Waals surface area contributed by atoms with Crippen molar-refractivity contribution in [3.8, 4) is 0 Å². The molecule has 1 fully saturated rings. The fourth-order valence-electron chi connectivity index (χ4n) is 2.06. The molecule has 1 heterocycles. The third-order valence-corrected chi connectivity index (χ3v) is 3.13. The quantitative estimate of drug-likeness (QED) is 0.828. The number of likely N-dealkylation sites (tertiary alicyclic amines) is 1. The standard InChI is InChI=1S/C13H21ClN2O4/c1-12(2,3)20-11(19)15-13(10(17)18)5-8-16(9-13)7-4-6-14/h4,6H,5,7-9H2,1-3H3,(H,15,19)(H,17,18)/b6-4+. The number of carboxylic acid groups (broad SMARTS) is 1. The Kier molecular flexibility index (Phi) is 5.42. The van der Waals surface area contributed by atoms with Gasteiger partial charge >= 0.3 is 12.1 Å². The summed E-state index contributed by atoms with van der Waals surface area (Å²) < 4.78 is 5.12. The molecule has 0 radical (unpaired) electrons. The molecule has 6 nitrogen and oxygen atoms in total. The predicted molar refractivity (Wildman–Crippen MR) is 75.8 cm³/mol. The molecule has 1 aliphatic rings. The van der Waals surface area contributed by atoms with Crippen molar-refractivity contribution in [1.82, 2.24) is 10.2 Å². The number of carbonyl (C=O) groups excluding carboxylic acids is 1. The first kappa shape index (κ1) is 16.8. The predicted octanol–water partition coefficient (Wildman–Crippen LogP) is 1.79. The number of carboxylic acids is 1. The van der Waals surface area contributed by atoms with Crippen LogP contribution in [0.25, 0.3) is 0 Å². The molecule has 114 valence electrons. The maximum atomic E-state index is 11.8. The van der Waals surface area contributed by atoms with Crippen LogP contribution in [0.15, 0.2) is 11.6 Å². The van der Waals surface area contributed by atoms with Gasteiger partial charge in [0.1, 0.15) is 5.60 Å². The molecule has 1 saturated heterocycles. The third-order valence-electron chi connectivity index (χ3n) is 2.95. The average molecular weight is 305 g/mol. The van der Waals surface area contributed by atoms with Crippen molar-refractivity contribution < 1.29 is 19.4 Å². The summed E-state index contributed by atoms with van der Waals surface area (Å²) in [5, 5.41) is 11.9. The molecular weight excluding hydrogens is 284 g/mol. The zero-order valence-electron chi connectivity index (χ0n) is 12.0. The van der Waals surface area contributed by atoms with Crippen LogP contribution in [0.3, 0.4) is 0 Å². The van der Waals surface area contributed by atoms with E-state index in [0.717, 1.165) is 0 Å². The summed E-state index contributed by atoms with van der Waals surface area (Å²) in [5.74, 6) is -1.05. The van der Waals surface area contributed by atoms with Gasteiger partial charge in [-0.1, -0.05) is 17.7 Å². The maximum Gasteiger partial charge on any atom is 0.408 e. The highest BCUT2D eigenvalue weighted by Crippen LogP contribution is 2.22. The van der Waals surface area contributed by atoms with Gasteiger partial charge in [-0.05, 0) is 27.2 Å². The molecule has 1 unspecified atom stereocenters. The molecular formula is C13H21ClN2O4. The lowest BCUT2D eigenvalue weighted by Crippen LogP contribution is -2.57. The lowest BCUT2D eigenvalue weighted by atomic mass is 9.99. The molecule has 0 saturated carbocycles. The van der Waals surface area contributed by atoms with E-state index in [2.05, 4.69) is 5.32 Å². The van der Waals surface area contributed by atoms with Crippen LogP contribution in [-0.4, -0.2) is 52.8 Å². The van der Waals surface area contributed by atoms with E-state index < -0.39 is 23.2 Å². The highest BCUT2D eigenvalue weighted by Gasteiger charge is 2.46. The highest BCUT2D eigenvalue weighted by atomic mass is 35.5. The minimum Gasteiger partial charge on any atom is -0.479 e. The molecule has 0 aromatic rings. The molecule has 2 N–H and O–H groups in total. The van der Waals surface area contributed by atoms with Crippen molar-refractivity contribution in [2.24, 2.45) is 0 Å². The van der Waals surface area contributed by atoms with Crippen LogP contribution >= 0.6 is 11.6 Å². The Morgan fingerprint density at radius 2 is 2.15 bits per heavy atom. The Morgan fingerprint density at radius 1 is 1.50 bits per heavy atom. The van der Waals surface area contributed by atoms with E-state index in [-0.39, 0.29) is 6.54 Å². The van der Waals surface area contributed by atoms with E-state index in [1.54, 1.807) is 26.8 Å². The molecule has 0 aromatic carbocycles. The molecule has 0 aliphatic carbocycles. The summed E-state index contributed by atoms with van der Waals surface area (Å²) in [6, 6.07) is 0. The fraction of sp³-hybridized carbons (Fsp3) is 0.692. The van der Waals surface area contributed by atoms with Gasteiger partial charge in [0.25, 0.3) is 0 Å². The van der Waals surface area contributed by atoms with Crippen LogP contribution < -0.4 is 5.32 Å². The van der Waals surface area contributed by atoms with Gasteiger partial charge in [0.15, 0.2) is 5.54 Å². The van der Waals surface area contributed by atoms with Crippen molar-refractivity contribution in [1.29, 1.82) is 0 Å². The van der Waals surface area contributed by atoms with Gasteiger partial charge in [-0.2, -0.15) is 0 Å². The molecule has 1 rings (SSSR count). The molecule has 0 bridgehead atoms. The second kappa shape index (κ2) is 6.45. The number of nitrogens with zero attached hydrogens (tertiary/aromatic N) is 1. The van der Waals surface area contributed by atoms with E-state index in [1.165, 1.54) is 5.54 Å². The van der Waals surface area contributed by atoms with E-state index in [9.17, 15) is 14.7 Å². The number of carbonyl (C=O) groups is 2. The van der Waals surface area contributed by atoms with Crippen LogP contribution in [0, 0.1) is 0 Å². The first-order valence-corrected chi connectivity index (χ1v) is 6.84. The number of alkyl carbamates (subject to hydrolysis) is 1. The van der Waals surface area contributed by atoms with Crippen molar-refractivity contribution in [2.75, 3.05) is 19.6 Å². The minimum atomic E-state index is -1.30. The van der Waals surface area contributed by atoms with Gasteiger partial charge < -0.3 is 15.2 Å². The number of hydrogen-bond donors (Lipinski definition) is 2. The summed E-state index contributed by atoms with van der Waals surface area (Å²) >= 11 is 5.46. The average Bonchev–Trinajstić information content (AvgIpc) is 2.68. The van der Waals surface area contributed by atoms with Crippen LogP contribution in [0.4, 0.5) is 4.79 Å². The van der Waals surface area contributed by atoms with Crippen LogP contribution in [0.2, 0.25) is 0 Å². The largest absolute Gasteiger partial charge is 0.479 e. The summed E-state index contributed by atoms with van der Waals surface area (Å²) in [7, 11) is 0. The van der Waals surface area contributed by atoms with E-state index in [4.69, 9.17) is 16.3 Å². The van der Waals surface area contributed by atoms with Crippen molar-refractivity contribution in [2.45, 2.75) is 38.3 Å². The van der Waals surface area contributed by atoms with Gasteiger partial charge in [0, 0.05) is 25.2 Å². The topological polar surface area (TPSA) is 78.9 Å². The second-order valence-electron chi connectivity index (χ2n) is 5.86. The second-order valence-corrected chi connectivity index (χ2v) is 6.11. The van der Waals surface area contributed by atoms with Crippen molar-refractivity contribution >= 4 is 23.7 Å². The van der Waals surface area contributed by atoms with Gasteiger partial charge in [-0.3, -0.25) is 4.90 Å². The maximum absolute atomic E-state index is 11.8. The number of rotatable bonds is 4. The number of amides is 1. The normalized spacial score (nSPS) is 24.0. The molecule has 1 aliphatic heterocycles. The number of ether oxygens (including phenoxy) is 1. The number of hydrogen-bond acceptors (Lipinski definition) is 4. The Labute approximate surface area is 123 Å². The summed E-state index contributed by atoms with van der Waals surface area (Å²) in [4.78, 5) is 25.2. The monoisotopic (exact) mass is 304 g/mol. The van der Waals surface area contributed by atoms with E-state index >= 15 is 0 Å². The fourth-order valence-corrected chi connectivity index (χ4v) is 2.14. The highest BCUT2D eigenvalue weighted by molar-refractivity contribution is 6.25. The number of aliphatic carboxylic acids is 1. The summed E-state index contributed by atoms with van der Waals surface area (Å²) in [6.07, 6.45) is 1.35. The molecule has 20 heavy (non-hydrogen) atoms. The summed E-state index contributed by atoms with van der Waals surface area (Å²) in [5.41, 5.74) is -0.575. The van der Waals surface area contributed by atoms with E-state index in [0.29, 0.717) is 19.5 Å². The van der Waals surface area contributed by atoms with Gasteiger partial charge in [-0.25, -0.2) is 9.59 Å². The van der Waals surface area contributed by atoms with E-state index in [1.807, 2.05) is 4.90 Å². The SMILES string of the molecule is CC(C)(C)OC(=O)NC1(C(=O)O)CCN(C/C=C/Cl)C1. The zero-order valence-corrected chi connectivity index (χ0v) is 12.7. The lowest BCUT2D eigenvalue weighted by molar-refractivity contribution is -0.144. The van der Waals surface area contributed by atoms with Crippen LogP contribution in [0.1, 0.15) is 27.2 Å².